The van der Waals surface area contributed by atoms with Crippen molar-refractivity contribution < 1.29 is 4.74 Å². The fourth-order valence-electron chi connectivity index (χ4n) is 1.45. The molecule has 0 spiro atoms. The number of aryl methyl sites for hydroxylation is 1. The minimum atomic E-state index is 0.808. The summed E-state index contributed by atoms with van der Waals surface area (Å²) in [7, 11) is 0. The van der Waals surface area contributed by atoms with Crippen LogP contribution in [0.5, 0.6) is 0 Å². The SMILES string of the molecule is CCOCCCNCc1ccnn1CC. The second-order valence-electron chi connectivity index (χ2n) is 3.37. The van der Waals surface area contributed by atoms with E-state index in [1.54, 1.807) is 0 Å². The Labute approximate surface area is 91.6 Å². The van der Waals surface area contributed by atoms with Gasteiger partial charge in [0.2, 0.25) is 0 Å². The van der Waals surface area contributed by atoms with Crippen molar-refractivity contribution in [3.63, 3.8) is 0 Å². The number of nitrogens with one attached hydrogen (secondary N) is 1. The van der Waals surface area contributed by atoms with E-state index in [1.807, 2.05) is 17.8 Å². The zero-order valence-corrected chi connectivity index (χ0v) is 9.70. The smallest absolute Gasteiger partial charge is 0.0521 e. The highest BCUT2D eigenvalue weighted by molar-refractivity contribution is 4.99. The van der Waals surface area contributed by atoms with Crippen LogP contribution in [0.15, 0.2) is 12.3 Å². The van der Waals surface area contributed by atoms with Crippen molar-refractivity contribution in [2.75, 3.05) is 19.8 Å². The molecular weight excluding hydrogens is 190 g/mol. The van der Waals surface area contributed by atoms with E-state index in [4.69, 9.17) is 4.74 Å². The number of rotatable bonds is 8. The van der Waals surface area contributed by atoms with Crippen LogP contribution in [-0.2, 0) is 17.8 Å². The van der Waals surface area contributed by atoms with Crippen LogP contribution in [-0.4, -0.2) is 29.5 Å². The van der Waals surface area contributed by atoms with E-state index < -0.39 is 0 Å². The number of nitrogens with zero attached hydrogens (tertiary/aromatic N) is 2. The predicted octanol–water partition coefficient (Wildman–Crippen LogP) is 1.42. The van der Waals surface area contributed by atoms with Crippen LogP contribution in [0, 0.1) is 0 Å². The Morgan fingerprint density at radius 1 is 1.47 bits per heavy atom. The first-order valence-electron chi connectivity index (χ1n) is 5.67. The molecule has 1 heterocycles. The molecule has 1 aromatic rings. The van der Waals surface area contributed by atoms with Crippen LogP contribution in [0.1, 0.15) is 26.0 Å². The van der Waals surface area contributed by atoms with Crippen molar-refractivity contribution in [3.05, 3.63) is 18.0 Å². The van der Waals surface area contributed by atoms with E-state index in [-0.39, 0.29) is 0 Å². The van der Waals surface area contributed by atoms with Gasteiger partial charge in [-0.25, -0.2) is 0 Å². The molecule has 4 nitrogen and oxygen atoms in total. The Morgan fingerprint density at radius 2 is 2.33 bits per heavy atom. The summed E-state index contributed by atoms with van der Waals surface area (Å²) in [4.78, 5) is 0. The molecule has 15 heavy (non-hydrogen) atoms. The Morgan fingerprint density at radius 3 is 3.07 bits per heavy atom. The van der Waals surface area contributed by atoms with E-state index >= 15 is 0 Å². The fraction of sp³-hybridized carbons (Fsp3) is 0.727. The van der Waals surface area contributed by atoms with Crippen LogP contribution in [0.3, 0.4) is 0 Å². The molecule has 0 fully saturated rings. The lowest BCUT2D eigenvalue weighted by molar-refractivity contribution is 0.144. The zero-order valence-electron chi connectivity index (χ0n) is 9.70. The number of ether oxygens (including phenoxy) is 1. The van der Waals surface area contributed by atoms with Gasteiger partial charge < -0.3 is 10.1 Å². The largest absolute Gasteiger partial charge is 0.382 e. The van der Waals surface area contributed by atoms with E-state index in [0.717, 1.165) is 39.3 Å². The third-order valence-corrected chi connectivity index (χ3v) is 2.26. The summed E-state index contributed by atoms with van der Waals surface area (Å²) >= 11 is 0. The van der Waals surface area contributed by atoms with Crippen molar-refractivity contribution in [3.8, 4) is 0 Å². The monoisotopic (exact) mass is 211 g/mol. The van der Waals surface area contributed by atoms with Gasteiger partial charge >= 0.3 is 0 Å². The number of hydrogen-bond acceptors (Lipinski definition) is 3. The second kappa shape index (κ2) is 7.43. The summed E-state index contributed by atoms with van der Waals surface area (Å²) in [6.07, 6.45) is 2.91. The standard InChI is InChI=1S/C11H21N3O/c1-3-14-11(6-8-13-14)10-12-7-5-9-15-4-2/h6,8,12H,3-5,7,9-10H2,1-2H3. The first-order chi connectivity index (χ1) is 7.38. The van der Waals surface area contributed by atoms with E-state index in [9.17, 15) is 0 Å². The average Bonchev–Trinajstić information content (AvgIpc) is 2.70. The van der Waals surface area contributed by atoms with Crippen molar-refractivity contribution >= 4 is 0 Å². The summed E-state index contributed by atoms with van der Waals surface area (Å²) in [6, 6.07) is 2.05. The predicted molar refractivity (Wildman–Crippen MR) is 60.7 cm³/mol. The van der Waals surface area contributed by atoms with Gasteiger partial charge in [0.25, 0.3) is 0 Å². The first kappa shape index (κ1) is 12.2. The lowest BCUT2D eigenvalue weighted by Gasteiger charge is -2.06. The van der Waals surface area contributed by atoms with Gasteiger partial charge in [-0.1, -0.05) is 0 Å². The lowest BCUT2D eigenvalue weighted by Crippen LogP contribution is -2.18. The molecule has 86 valence electrons. The summed E-state index contributed by atoms with van der Waals surface area (Å²) in [5, 5.41) is 7.60. The van der Waals surface area contributed by atoms with Gasteiger partial charge in [-0.05, 0) is 32.9 Å². The molecule has 1 N–H and O–H groups in total. The number of aromatic nitrogens is 2. The van der Waals surface area contributed by atoms with Gasteiger partial charge in [0, 0.05) is 32.5 Å². The third-order valence-electron chi connectivity index (χ3n) is 2.26. The van der Waals surface area contributed by atoms with Crippen molar-refractivity contribution in [1.29, 1.82) is 0 Å². The van der Waals surface area contributed by atoms with Crippen molar-refractivity contribution in [1.82, 2.24) is 15.1 Å². The molecule has 0 aliphatic heterocycles. The van der Waals surface area contributed by atoms with Crippen LogP contribution >= 0.6 is 0 Å². The minimum Gasteiger partial charge on any atom is -0.382 e. The van der Waals surface area contributed by atoms with Gasteiger partial charge in [-0.3, -0.25) is 4.68 Å². The summed E-state index contributed by atoms with van der Waals surface area (Å²) in [5.74, 6) is 0. The van der Waals surface area contributed by atoms with Crippen molar-refractivity contribution in [2.24, 2.45) is 0 Å². The molecule has 1 aromatic heterocycles. The molecule has 0 aromatic carbocycles. The van der Waals surface area contributed by atoms with E-state index in [2.05, 4.69) is 23.4 Å². The van der Waals surface area contributed by atoms with Gasteiger partial charge in [0.15, 0.2) is 0 Å². The summed E-state index contributed by atoms with van der Waals surface area (Å²) in [5.41, 5.74) is 1.24. The Balaban J connectivity index is 2.09. The highest BCUT2D eigenvalue weighted by Gasteiger charge is 1.98. The second-order valence-corrected chi connectivity index (χ2v) is 3.37. The quantitative estimate of drug-likeness (QED) is 0.661. The molecule has 0 amide bonds. The molecule has 0 aliphatic rings. The third kappa shape index (κ3) is 4.44. The zero-order chi connectivity index (χ0) is 10.9. The maximum Gasteiger partial charge on any atom is 0.0521 e. The maximum absolute atomic E-state index is 5.26. The van der Waals surface area contributed by atoms with Gasteiger partial charge in [-0.15, -0.1) is 0 Å². The van der Waals surface area contributed by atoms with Crippen LogP contribution in [0.25, 0.3) is 0 Å². The molecule has 4 heteroatoms. The molecule has 0 aliphatic carbocycles. The summed E-state index contributed by atoms with van der Waals surface area (Å²) in [6.45, 7) is 8.59. The highest BCUT2D eigenvalue weighted by Crippen LogP contribution is 1.97. The Kier molecular flexibility index (Phi) is 6.04. The molecule has 0 unspecified atom stereocenters. The molecular formula is C11H21N3O. The van der Waals surface area contributed by atoms with E-state index in [0.29, 0.717) is 0 Å². The minimum absolute atomic E-state index is 0.808. The normalized spacial score (nSPS) is 10.8. The molecule has 0 saturated heterocycles. The number of hydrogen-bond donors (Lipinski definition) is 1. The first-order valence-corrected chi connectivity index (χ1v) is 5.67. The molecule has 0 atom stereocenters. The Bertz CT molecular complexity index is 260. The van der Waals surface area contributed by atoms with Crippen molar-refractivity contribution in [2.45, 2.75) is 33.4 Å². The summed E-state index contributed by atoms with van der Waals surface area (Å²) < 4.78 is 7.27. The van der Waals surface area contributed by atoms with Crippen LogP contribution in [0.2, 0.25) is 0 Å². The molecule has 0 radical (unpaired) electrons. The fourth-order valence-corrected chi connectivity index (χ4v) is 1.45. The van der Waals surface area contributed by atoms with Gasteiger partial charge in [0.1, 0.15) is 0 Å². The average molecular weight is 211 g/mol. The molecule has 1 rings (SSSR count). The highest BCUT2D eigenvalue weighted by atomic mass is 16.5. The Hall–Kier alpha value is -0.870. The van der Waals surface area contributed by atoms with Gasteiger partial charge in [-0.2, -0.15) is 5.10 Å². The lowest BCUT2D eigenvalue weighted by atomic mass is 10.4. The van der Waals surface area contributed by atoms with Gasteiger partial charge in [0.05, 0.1) is 5.69 Å². The van der Waals surface area contributed by atoms with Crippen LogP contribution < -0.4 is 5.32 Å². The molecule has 0 saturated carbocycles. The van der Waals surface area contributed by atoms with E-state index in [1.165, 1.54) is 5.69 Å². The topological polar surface area (TPSA) is 39.1 Å². The van der Waals surface area contributed by atoms with Crippen LogP contribution in [0.4, 0.5) is 0 Å². The maximum atomic E-state index is 5.26. The molecule has 0 bridgehead atoms.